The van der Waals surface area contributed by atoms with Crippen molar-refractivity contribution in [3.63, 3.8) is 0 Å². The lowest BCUT2D eigenvalue weighted by Gasteiger charge is -2.13. The summed E-state index contributed by atoms with van der Waals surface area (Å²) >= 11 is 3.62. The van der Waals surface area contributed by atoms with Crippen LogP contribution in [0.15, 0.2) is 40.9 Å². The molecule has 2 aromatic carbocycles. The van der Waals surface area contributed by atoms with E-state index in [0.717, 1.165) is 25.7 Å². The molecule has 0 heterocycles. The first-order valence-corrected chi connectivity index (χ1v) is 7.36. The van der Waals surface area contributed by atoms with Gasteiger partial charge in [0.2, 0.25) is 0 Å². The molecule has 0 saturated carbocycles. The van der Waals surface area contributed by atoms with E-state index in [0.29, 0.717) is 0 Å². The predicted molar refractivity (Wildman–Crippen MR) is 80.1 cm³/mol. The summed E-state index contributed by atoms with van der Waals surface area (Å²) in [5, 5.41) is 0. The van der Waals surface area contributed by atoms with Gasteiger partial charge < -0.3 is 0 Å². The van der Waals surface area contributed by atoms with Crippen LogP contribution in [-0.2, 0) is 25.7 Å². The second kappa shape index (κ2) is 4.89. The van der Waals surface area contributed by atoms with Gasteiger partial charge in [0, 0.05) is 4.47 Å². The molecule has 0 amide bonds. The third kappa shape index (κ3) is 2.67. The normalized spacial score (nSPS) is 14.3. The van der Waals surface area contributed by atoms with E-state index in [2.05, 4.69) is 59.3 Å². The van der Waals surface area contributed by atoms with Gasteiger partial charge in [-0.1, -0.05) is 45.8 Å². The second-order valence-corrected chi connectivity index (χ2v) is 6.21. The quantitative estimate of drug-likeness (QED) is 0.665. The first kappa shape index (κ1) is 12.0. The number of hydrogen-bond donors (Lipinski definition) is 0. The minimum atomic E-state index is 1.13. The zero-order valence-electron chi connectivity index (χ0n) is 10.7. The summed E-state index contributed by atoms with van der Waals surface area (Å²) in [5.41, 5.74) is 7.25. The molecule has 0 fully saturated rings. The van der Waals surface area contributed by atoms with Gasteiger partial charge in [-0.3, -0.25) is 0 Å². The van der Waals surface area contributed by atoms with Crippen LogP contribution in [-0.4, -0.2) is 0 Å². The molecule has 3 rings (SSSR count). The van der Waals surface area contributed by atoms with Gasteiger partial charge in [-0.15, -0.1) is 0 Å². The third-order valence-electron chi connectivity index (χ3n) is 3.62. The van der Waals surface area contributed by atoms with E-state index >= 15 is 0 Å². The minimum absolute atomic E-state index is 1.13. The van der Waals surface area contributed by atoms with Gasteiger partial charge in [0.25, 0.3) is 0 Å². The highest BCUT2D eigenvalue weighted by atomic mass is 79.9. The Balaban J connectivity index is 2.01. The van der Waals surface area contributed by atoms with Crippen molar-refractivity contribution in [2.45, 2.75) is 32.6 Å². The molecule has 2 aromatic rings. The van der Waals surface area contributed by atoms with Crippen molar-refractivity contribution in [1.29, 1.82) is 0 Å². The lowest BCUT2D eigenvalue weighted by atomic mass is 9.94. The first-order valence-electron chi connectivity index (χ1n) is 6.57. The van der Waals surface area contributed by atoms with Gasteiger partial charge in [-0.25, -0.2) is 0 Å². The predicted octanol–water partition coefficient (Wildman–Crippen LogP) is 4.64. The molecule has 1 aliphatic rings. The van der Waals surface area contributed by atoms with E-state index in [1.165, 1.54) is 32.3 Å². The number of benzene rings is 2. The van der Waals surface area contributed by atoms with Crippen LogP contribution in [0, 0.1) is 6.92 Å². The molecule has 0 nitrogen and oxygen atoms in total. The van der Waals surface area contributed by atoms with Crippen molar-refractivity contribution in [3.05, 3.63) is 68.7 Å². The summed E-state index contributed by atoms with van der Waals surface area (Å²) < 4.78 is 1.22. The monoisotopic (exact) mass is 300 g/mol. The van der Waals surface area contributed by atoms with E-state index in [9.17, 15) is 0 Å². The molecule has 0 unspecified atom stereocenters. The number of hydrogen-bond acceptors (Lipinski definition) is 0. The molecule has 92 valence electrons. The van der Waals surface area contributed by atoms with Crippen LogP contribution in [0.3, 0.4) is 0 Å². The Labute approximate surface area is 117 Å². The van der Waals surface area contributed by atoms with E-state index in [-0.39, 0.29) is 0 Å². The summed E-state index contributed by atoms with van der Waals surface area (Å²) in [7, 11) is 0. The maximum absolute atomic E-state index is 3.62. The molecule has 4 bridgehead atoms. The Hall–Kier alpha value is -1.08. The SMILES string of the molecule is Cc1cc2cc(c1)CCc1cc(Br)cc(c1)CC2. The molecular formula is C17H17Br. The van der Waals surface area contributed by atoms with Crippen molar-refractivity contribution < 1.29 is 0 Å². The van der Waals surface area contributed by atoms with Crippen molar-refractivity contribution in [1.82, 2.24) is 0 Å². The van der Waals surface area contributed by atoms with Gasteiger partial charge in [0.05, 0.1) is 0 Å². The van der Waals surface area contributed by atoms with Gasteiger partial charge in [-0.05, 0) is 67.0 Å². The summed E-state index contributed by atoms with van der Waals surface area (Å²) in [6.07, 6.45) is 4.56. The molecular weight excluding hydrogens is 284 g/mol. The zero-order chi connectivity index (χ0) is 12.5. The molecule has 1 aliphatic carbocycles. The lowest BCUT2D eigenvalue weighted by molar-refractivity contribution is 0.900. The van der Waals surface area contributed by atoms with Gasteiger partial charge >= 0.3 is 0 Å². The molecule has 18 heavy (non-hydrogen) atoms. The number of halogens is 1. The van der Waals surface area contributed by atoms with E-state index in [1.54, 1.807) is 0 Å². The van der Waals surface area contributed by atoms with Gasteiger partial charge in [-0.2, -0.15) is 0 Å². The molecule has 0 N–H and O–H groups in total. The first-order chi connectivity index (χ1) is 8.69. The largest absolute Gasteiger partial charge is 0.0561 e. The summed E-state index contributed by atoms with van der Waals surface area (Å²) in [6, 6.07) is 13.9. The highest BCUT2D eigenvalue weighted by molar-refractivity contribution is 9.10. The van der Waals surface area contributed by atoms with Crippen molar-refractivity contribution in [3.8, 4) is 0 Å². The Kier molecular flexibility index (Phi) is 3.25. The van der Waals surface area contributed by atoms with Crippen LogP contribution in [0.5, 0.6) is 0 Å². The molecule has 0 radical (unpaired) electrons. The van der Waals surface area contributed by atoms with E-state index in [1.807, 2.05) is 0 Å². The molecule has 0 aliphatic heterocycles. The molecule has 0 spiro atoms. The maximum Gasteiger partial charge on any atom is 0.0180 e. The fourth-order valence-electron chi connectivity index (χ4n) is 2.82. The Morgan fingerprint density at radius 3 is 1.50 bits per heavy atom. The minimum Gasteiger partial charge on any atom is -0.0561 e. The Morgan fingerprint density at radius 1 is 0.667 bits per heavy atom. The second-order valence-electron chi connectivity index (χ2n) is 5.29. The molecule has 0 saturated heterocycles. The van der Waals surface area contributed by atoms with Crippen molar-refractivity contribution >= 4 is 15.9 Å². The van der Waals surface area contributed by atoms with Crippen molar-refractivity contribution in [2.75, 3.05) is 0 Å². The Bertz CT molecular complexity index is 486. The van der Waals surface area contributed by atoms with Crippen LogP contribution < -0.4 is 0 Å². The van der Waals surface area contributed by atoms with E-state index < -0.39 is 0 Å². The smallest absolute Gasteiger partial charge is 0.0180 e. The molecule has 1 heteroatoms. The topological polar surface area (TPSA) is 0 Å². The van der Waals surface area contributed by atoms with Gasteiger partial charge in [0.1, 0.15) is 0 Å². The van der Waals surface area contributed by atoms with Crippen LogP contribution in [0.2, 0.25) is 0 Å². The standard InChI is InChI=1S/C17H17Br/c1-12-6-13-2-4-15-9-16(11-17(18)10-15)5-3-14(7-12)8-13/h6-11H,2-5H2,1H3. The van der Waals surface area contributed by atoms with Crippen LogP contribution >= 0.6 is 15.9 Å². The summed E-state index contributed by atoms with van der Waals surface area (Å²) in [4.78, 5) is 0. The average Bonchev–Trinajstić information content (AvgIpc) is 2.32. The molecule has 0 atom stereocenters. The number of rotatable bonds is 0. The van der Waals surface area contributed by atoms with Gasteiger partial charge in [0.15, 0.2) is 0 Å². The number of aryl methyl sites for hydroxylation is 5. The average molecular weight is 301 g/mol. The summed E-state index contributed by atoms with van der Waals surface area (Å²) in [5.74, 6) is 0. The fraction of sp³-hybridized carbons (Fsp3) is 0.294. The Morgan fingerprint density at radius 2 is 1.06 bits per heavy atom. The van der Waals surface area contributed by atoms with E-state index in [4.69, 9.17) is 0 Å². The van der Waals surface area contributed by atoms with Crippen LogP contribution in [0.1, 0.15) is 27.8 Å². The maximum atomic E-state index is 3.62. The third-order valence-corrected chi connectivity index (χ3v) is 4.08. The highest BCUT2D eigenvalue weighted by Crippen LogP contribution is 2.22. The van der Waals surface area contributed by atoms with Crippen LogP contribution in [0.4, 0.5) is 0 Å². The fourth-order valence-corrected chi connectivity index (χ4v) is 3.41. The summed E-state index contributed by atoms with van der Waals surface area (Å²) in [6.45, 7) is 2.20. The zero-order valence-corrected chi connectivity index (χ0v) is 12.3. The lowest BCUT2D eigenvalue weighted by Crippen LogP contribution is -2.00. The van der Waals surface area contributed by atoms with Crippen molar-refractivity contribution in [2.24, 2.45) is 0 Å². The highest BCUT2D eigenvalue weighted by Gasteiger charge is 2.06. The number of fused-ring (bicyclic) bond motifs is 4. The van der Waals surface area contributed by atoms with Crippen LogP contribution in [0.25, 0.3) is 0 Å². The molecule has 0 aromatic heterocycles.